The smallest absolute Gasteiger partial charge is 0.0398 e. The van der Waals surface area contributed by atoms with Gasteiger partial charge in [-0.1, -0.05) is 70.1 Å². The standard InChI is InChI=1S/C20H35N/c1-4-7-8-9-10-11-12-13-16-19-17-14-15-18-20(19)21(5-2)6-3/h14-15,17-18H,4-13,16H2,1-3H3. The van der Waals surface area contributed by atoms with Crippen LogP contribution in [0.2, 0.25) is 0 Å². The van der Waals surface area contributed by atoms with E-state index in [2.05, 4.69) is 49.9 Å². The Bertz CT molecular complexity index is 355. The number of para-hydroxylation sites is 1. The molecule has 0 N–H and O–H groups in total. The van der Waals surface area contributed by atoms with Gasteiger partial charge in [0.25, 0.3) is 0 Å². The van der Waals surface area contributed by atoms with Crippen LogP contribution in [0.1, 0.15) is 77.7 Å². The van der Waals surface area contributed by atoms with Crippen LogP contribution < -0.4 is 4.90 Å². The van der Waals surface area contributed by atoms with Crippen LogP contribution in [-0.4, -0.2) is 13.1 Å². The molecule has 0 amide bonds. The highest BCUT2D eigenvalue weighted by molar-refractivity contribution is 5.53. The molecule has 1 heteroatoms. The van der Waals surface area contributed by atoms with E-state index in [1.54, 1.807) is 0 Å². The first-order valence-corrected chi connectivity index (χ1v) is 9.16. The molecule has 1 rings (SSSR count). The molecule has 0 atom stereocenters. The Labute approximate surface area is 132 Å². The first-order chi connectivity index (χ1) is 10.3. The Morgan fingerprint density at radius 3 is 1.90 bits per heavy atom. The molecule has 0 fully saturated rings. The van der Waals surface area contributed by atoms with Crippen molar-refractivity contribution in [1.82, 2.24) is 0 Å². The van der Waals surface area contributed by atoms with Gasteiger partial charge < -0.3 is 4.90 Å². The normalized spacial score (nSPS) is 10.8. The van der Waals surface area contributed by atoms with Crippen LogP contribution in [0.3, 0.4) is 0 Å². The van der Waals surface area contributed by atoms with Gasteiger partial charge in [-0.15, -0.1) is 0 Å². The third kappa shape index (κ3) is 7.02. The van der Waals surface area contributed by atoms with E-state index in [9.17, 15) is 0 Å². The van der Waals surface area contributed by atoms with E-state index in [1.165, 1.54) is 69.0 Å². The van der Waals surface area contributed by atoms with Crippen molar-refractivity contribution in [3.05, 3.63) is 29.8 Å². The highest BCUT2D eigenvalue weighted by Gasteiger charge is 2.07. The van der Waals surface area contributed by atoms with Crippen molar-refractivity contribution < 1.29 is 0 Å². The lowest BCUT2D eigenvalue weighted by atomic mass is 10.0. The van der Waals surface area contributed by atoms with Gasteiger partial charge in [0.05, 0.1) is 0 Å². The summed E-state index contributed by atoms with van der Waals surface area (Å²) in [5, 5.41) is 0. The molecule has 0 saturated carbocycles. The maximum absolute atomic E-state index is 2.47. The number of hydrogen-bond acceptors (Lipinski definition) is 1. The number of rotatable bonds is 12. The van der Waals surface area contributed by atoms with Crippen LogP contribution in [0.4, 0.5) is 5.69 Å². The molecule has 21 heavy (non-hydrogen) atoms. The van der Waals surface area contributed by atoms with E-state index in [-0.39, 0.29) is 0 Å². The van der Waals surface area contributed by atoms with Crippen molar-refractivity contribution in [3.63, 3.8) is 0 Å². The molecule has 0 radical (unpaired) electrons. The van der Waals surface area contributed by atoms with E-state index >= 15 is 0 Å². The molecule has 0 unspecified atom stereocenters. The molecule has 1 aromatic carbocycles. The number of nitrogens with zero attached hydrogens (tertiary/aromatic N) is 1. The SMILES string of the molecule is CCCCCCCCCCc1ccccc1N(CC)CC. The fraction of sp³-hybridized carbons (Fsp3) is 0.700. The van der Waals surface area contributed by atoms with Crippen LogP contribution in [0, 0.1) is 0 Å². The fourth-order valence-electron chi connectivity index (χ4n) is 3.04. The maximum Gasteiger partial charge on any atom is 0.0398 e. The van der Waals surface area contributed by atoms with Crippen molar-refractivity contribution >= 4 is 5.69 Å². The summed E-state index contributed by atoms with van der Waals surface area (Å²) < 4.78 is 0. The average molecular weight is 290 g/mol. The zero-order valence-electron chi connectivity index (χ0n) is 14.5. The lowest BCUT2D eigenvalue weighted by Crippen LogP contribution is -2.23. The molecule has 0 bridgehead atoms. The predicted octanol–water partition coefficient (Wildman–Crippen LogP) is 6.22. The zero-order chi connectivity index (χ0) is 15.3. The second kappa shape index (κ2) is 11.7. The van der Waals surface area contributed by atoms with Crippen LogP contribution >= 0.6 is 0 Å². The van der Waals surface area contributed by atoms with Gasteiger partial charge in [0.1, 0.15) is 0 Å². The Kier molecular flexibility index (Phi) is 10.0. The summed E-state index contributed by atoms with van der Waals surface area (Å²) in [7, 11) is 0. The maximum atomic E-state index is 2.47. The Morgan fingerprint density at radius 1 is 0.714 bits per heavy atom. The van der Waals surface area contributed by atoms with Crippen molar-refractivity contribution in [3.8, 4) is 0 Å². The van der Waals surface area contributed by atoms with Crippen LogP contribution in [-0.2, 0) is 6.42 Å². The fourth-order valence-corrected chi connectivity index (χ4v) is 3.04. The summed E-state index contributed by atoms with van der Waals surface area (Å²) in [6.07, 6.45) is 12.4. The van der Waals surface area contributed by atoms with E-state index in [4.69, 9.17) is 0 Å². The minimum atomic E-state index is 1.10. The monoisotopic (exact) mass is 289 g/mol. The summed E-state index contributed by atoms with van der Waals surface area (Å²) in [6.45, 7) is 8.98. The van der Waals surface area contributed by atoms with Gasteiger partial charge in [0.15, 0.2) is 0 Å². The lowest BCUT2D eigenvalue weighted by Gasteiger charge is -2.24. The van der Waals surface area contributed by atoms with Crippen LogP contribution in [0.5, 0.6) is 0 Å². The van der Waals surface area contributed by atoms with E-state index in [1.807, 2.05) is 0 Å². The number of aryl methyl sites for hydroxylation is 1. The topological polar surface area (TPSA) is 3.24 Å². The summed E-state index contributed by atoms with van der Waals surface area (Å²) in [5.74, 6) is 0. The van der Waals surface area contributed by atoms with Crippen LogP contribution in [0.25, 0.3) is 0 Å². The zero-order valence-corrected chi connectivity index (χ0v) is 14.5. The first kappa shape index (κ1) is 18.1. The summed E-state index contributed by atoms with van der Waals surface area (Å²) in [4.78, 5) is 2.47. The summed E-state index contributed by atoms with van der Waals surface area (Å²) in [5.41, 5.74) is 2.98. The van der Waals surface area contributed by atoms with Gasteiger partial charge in [0.2, 0.25) is 0 Å². The van der Waals surface area contributed by atoms with Gasteiger partial charge in [-0.05, 0) is 38.3 Å². The molecule has 1 nitrogen and oxygen atoms in total. The Hall–Kier alpha value is -0.980. The Balaban J connectivity index is 2.29. The summed E-state index contributed by atoms with van der Waals surface area (Å²) in [6, 6.07) is 8.96. The van der Waals surface area contributed by atoms with Gasteiger partial charge in [0, 0.05) is 18.8 Å². The molecule has 0 aliphatic rings. The molecule has 0 aromatic heterocycles. The molecule has 1 aromatic rings. The van der Waals surface area contributed by atoms with E-state index in [0.717, 1.165) is 13.1 Å². The minimum Gasteiger partial charge on any atom is -0.372 e. The van der Waals surface area contributed by atoms with Gasteiger partial charge in [-0.2, -0.15) is 0 Å². The quantitative estimate of drug-likeness (QED) is 0.413. The Morgan fingerprint density at radius 2 is 1.29 bits per heavy atom. The molecular weight excluding hydrogens is 254 g/mol. The third-order valence-corrected chi connectivity index (χ3v) is 4.40. The molecule has 0 heterocycles. The predicted molar refractivity (Wildman–Crippen MR) is 96.3 cm³/mol. The summed E-state index contributed by atoms with van der Waals surface area (Å²) >= 11 is 0. The second-order valence-electron chi connectivity index (χ2n) is 6.03. The van der Waals surface area contributed by atoms with Crippen LogP contribution in [0.15, 0.2) is 24.3 Å². The largest absolute Gasteiger partial charge is 0.372 e. The van der Waals surface area contributed by atoms with Crippen molar-refractivity contribution in [2.75, 3.05) is 18.0 Å². The van der Waals surface area contributed by atoms with Crippen molar-refractivity contribution in [1.29, 1.82) is 0 Å². The molecule has 120 valence electrons. The highest BCUT2D eigenvalue weighted by atomic mass is 15.1. The van der Waals surface area contributed by atoms with E-state index < -0.39 is 0 Å². The van der Waals surface area contributed by atoms with Crippen molar-refractivity contribution in [2.24, 2.45) is 0 Å². The third-order valence-electron chi connectivity index (χ3n) is 4.40. The molecule has 0 aliphatic heterocycles. The number of hydrogen-bond donors (Lipinski definition) is 0. The molecule has 0 saturated heterocycles. The van der Waals surface area contributed by atoms with Gasteiger partial charge in [-0.25, -0.2) is 0 Å². The highest BCUT2D eigenvalue weighted by Crippen LogP contribution is 2.22. The number of unbranched alkanes of at least 4 members (excludes halogenated alkanes) is 7. The molecule has 0 aliphatic carbocycles. The molecular formula is C20H35N. The van der Waals surface area contributed by atoms with E-state index in [0.29, 0.717) is 0 Å². The lowest BCUT2D eigenvalue weighted by molar-refractivity contribution is 0.575. The molecule has 0 spiro atoms. The van der Waals surface area contributed by atoms with Gasteiger partial charge >= 0.3 is 0 Å². The van der Waals surface area contributed by atoms with Gasteiger partial charge in [-0.3, -0.25) is 0 Å². The van der Waals surface area contributed by atoms with Crippen molar-refractivity contribution in [2.45, 2.75) is 78.6 Å². The number of benzene rings is 1. The number of anilines is 1. The average Bonchev–Trinajstić information content (AvgIpc) is 2.52. The second-order valence-corrected chi connectivity index (χ2v) is 6.03. The minimum absolute atomic E-state index is 1.10. The first-order valence-electron chi connectivity index (χ1n) is 9.16.